The number of aryl methyl sites for hydroxylation is 1. The summed E-state index contributed by atoms with van der Waals surface area (Å²) >= 11 is 0. The van der Waals surface area contributed by atoms with E-state index in [1.165, 1.54) is 35.6 Å². The Morgan fingerprint density at radius 2 is 1.76 bits per heavy atom. The molecule has 0 amide bonds. The highest BCUT2D eigenvalue weighted by atomic mass is 16.5. The molecule has 0 spiro atoms. The lowest BCUT2D eigenvalue weighted by Gasteiger charge is -2.21. The van der Waals surface area contributed by atoms with Gasteiger partial charge in [-0.15, -0.1) is 0 Å². The molecule has 1 aliphatic rings. The van der Waals surface area contributed by atoms with E-state index in [1.807, 2.05) is 6.07 Å². The van der Waals surface area contributed by atoms with E-state index >= 15 is 0 Å². The molecule has 0 radical (unpaired) electrons. The van der Waals surface area contributed by atoms with Crippen molar-refractivity contribution in [2.75, 3.05) is 5.73 Å². The number of anilines is 1. The second-order valence-electron chi connectivity index (χ2n) is 7.67. The Morgan fingerprint density at radius 1 is 1.03 bits per heavy atom. The summed E-state index contributed by atoms with van der Waals surface area (Å²) in [5.74, 6) is 1.06. The number of fused-ring (bicyclic) bond motifs is 3. The van der Waals surface area contributed by atoms with Gasteiger partial charge in [-0.2, -0.15) is 4.73 Å². The Labute approximate surface area is 169 Å². The molecule has 0 aliphatic heterocycles. The maximum atomic E-state index is 11.4. The Morgan fingerprint density at radius 3 is 2.52 bits per heavy atom. The minimum Gasteiger partial charge on any atom is -0.619 e. The van der Waals surface area contributed by atoms with E-state index in [-0.39, 0.29) is 6.04 Å². The molecule has 0 bridgehead atoms. The van der Waals surface area contributed by atoms with Crippen LogP contribution in [0.25, 0.3) is 22.4 Å². The number of aromatic nitrogens is 4. The quantitative estimate of drug-likeness (QED) is 0.429. The van der Waals surface area contributed by atoms with Gasteiger partial charge >= 0.3 is 0 Å². The first kappa shape index (κ1) is 17.7. The summed E-state index contributed by atoms with van der Waals surface area (Å²) in [6.07, 6.45) is 7.28. The zero-order valence-electron chi connectivity index (χ0n) is 16.4. The standard InChI is InChI=1S/C23H23N5O/c1-15(16-7-3-2-4-8-16)28-19-10-6-5-9-18(19)20-21(24)25-22(26-23(20)28)17-11-13-27(29)14-12-17/h2-4,7-8,11-15H,5-6,9-10H2,1H3,(H2,24,25,26)/t15-/m1/s1. The van der Waals surface area contributed by atoms with Gasteiger partial charge in [0.25, 0.3) is 0 Å². The van der Waals surface area contributed by atoms with Crippen LogP contribution < -0.4 is 10.5 Å². The van der Waals surface area contributed by atoms with Crippen molar-refractivity contribution in [1.29, 1.82) is 0 Å². The second kappa shape index (κ2) is 6.88. The molecule has 4 aromatic rings. The molecule has 0 unspecified atom stereocenters. The van der Waals surface area contributed by atoms with Crippen LogP contribution in [-0.4, -0.2) is 14.5 Å². The molecular formula is C23H23N5O. The van der Waals surface area contributed by atoms with Crippen molar-refractivity contribution in [3.63, 3.8) is 0 Å². The fourth-order valence-corrected chi connectivity index (χ4v) is 4.47. The first-order valence-corrected chi connectivity index (χ1v) is 10.1. The highest BCUT2D eigenvalue weighted by Crippen LogP contribution is 2.38. The van der Waals surface area contributed by atoms with Gasteiger partial charge in [0.1, 0.15) is 11.5 Å². The van der Waals surface area contributed by atoms with Crippen molar-refractivity contribution in [3.8, 4) is 11.4 Å². The van der Waals surface area contributed by atoms with Crippen LogP contribution >= 0.6 is 0 Å². The number of nitrogens with zero attached hydrogens (tertiary/aromatic N) is 4. The summed E-state index contributed by atoms with van der Waals surface area (Å²) in [5.41, 5.74) is 12.0. The van der Waals surface area contributed by atoms with Crippen molar-refractivity contribution < 1.29 is 4.73 Å². The zero-order valence-corrected chi connectivity index (χ0v) is 16.4. The smallest absolute Gasteiger partial charge is 0.181 e. The maximum Gasteiger partial charge on any atom is 0.181 e. The predicted molar refractivity (Wildman–Crippen MR) is 113 cm³/mol. The topological polar surface area (TPSA) is 83.7 Å². The number of hydrogen-bond acceptors (Lipinski definition) is 4. The molecule has 1 aliphatic carbocycles. The van der Waals surface area contributed by atoms with Crippen LogP contribution in [0, 0.1) is 5.21 Å². The summed E-state index contributed by atoms with van der Waals surface area (Å²) < 4.78 is 3.10. The van der Waals surface area contributed by atoms with Gasteiger partial charge in [0.05, 0.1) is 11.4 Å². The van der Waals surface area contributed by atoms with Crippen molar-refractivity contribution in [1.82, 2.24) is 14.5 Å². The number of hydrogen-bond donors (Lipinski definition) is 1. The molecule has 6 nitrogen and oxygen atoms in total. The summed E-state index contributed by atoms with van der Waals surface area (Å²) in [6.45, 7) is 2.21. The van der Waals surface area contributed by atoms with Crippen molar-refractivity contribution >= 4 is 16.9 Å². The molecule has 0 fully saturated rings. The van der Waals surface area contributed by atoms with Gasteiger partial charge < -0.3 is 15.5 Å². The van der Waals surface area contributed by atoms with Crippen molar-refractivity contribution in [3.05, 3.63) is 76.9 Å². The van der Waals surface area contributed by atoms with Crippen LogP contribution in [0.3, 0.4) is 0 Å². The first-order valence-electron chi connectivity index (χ1n) is 10.1. The molecule has 146 valence electrons. The highest BCUT2D eigenvalue weighted by Gasteiger charge is 2.27. The van der Waals surface area contributed by atoms with Crippen LogP contribution in [0.4, 0.5) is 5.82 Å². The molecule has 0 saturated carbocycles. The average molecular weight is 385 g/mol. The van der Waals surface area contributed by atoms with Gasteiger partial charge in [0.15, 0.2) is 18.2 Å². The van der Waals surface area contributed by atoms with Gasteiger partial charge in [-0.3, -0.25) is 0 Å². The Bertz CT molecular complexity index is 1180. The molecular weight excluding hydrogens is 362 g/mol. The summed E-state index contributed by atoms with van der Waals surface area (Å²) in [7, 11) is 0. The number of nitrogen functional groups attached to an aromatic ring is 1. The first-order chi connectivity index (χ1) is 14.1. The van der Waals surface area contributed by atoms with Gasteiger partial charge in [0, 0.05) is 23.4 Å². The second-order valence-corrected chi connectivity index (χ2v) is 7.67. The highest BCUT2D eigenvalue weighted by molar-refractivity contribution is 5.93. The normalized spacial score (nSPS) is 14.7. The number of rotatable bonds is 3. The largest absolute Gasteiger partial charge is 0.619 e. The predicted octanol–water partition coefficient (Wildman–Crippen LogP) is 3.80. The molecule has 29 heavy (non-hydrogen) atoms. The molecule has 0 saturated heterocycles. The third-order valence-electron chi connectivity index (χ3n) is 5.91. The molecule has 1 aromatic carbocycles. The van der Waals surface area contributed by atoms with Gasteiger partial charge in [-0.25, -0.2) is 9.97 Å². The monoisotopic (exact) mass is 385 g/mol. The van der Waals surface area contributed by atoms with Gasteiger partial charge in [-0.05, 0) is 43.7 Å². The average Bonchev–Trinajstić information content (AvgIpc) is 3.09. The fraction of sp³-hybridized carbons (Fsp3) is 0.261. The number of benzene rings is 1. The van der Waals surface area contributed by atoms with Gasteiger partial charge in [-0.1, -0.05) is 30.3 Å². The van der Waals surface area contributed by atoms with Gasteiger partial charge in [0.2, 0.25) is 0 Å². The van der Waals surface area contributed by atoms with Crippen LogP contribution in [-0.2, 0) is 12.8 Å². The van der Waals surface area contributed by atoms with E-state index in [0.29, 0.717) is 11.6 Å². The molecule has 6 heteroatoms. The summed E-state index contributed by atoms with van der Waals surface area (Å²) in [6, 6.07) is 14.1. The van der Waals surface area contributed by atoms with E-state index in [1.54, 1.807) is 12.1 Å². The SMILES string of the molecule is C[C@H](c1ccccc1)n1c2c(c3c(N)nc(-c4cc[n+]([O-])cc4)nc31)CCCC2. The van der Waals surface area contributed by atoms with E-state index < -0.39 is 0 Å². The molecule has 3 aromatic heterocycles. The van der Waals surface area contributed by atoms with Crippen LogP contribution in [0.1, 0.15) is 42.6 Å². The lowest BCUT2D eigenvalue weighted by molar-refractivity contribution is -0.605. The number of nitrogens with two attached hydrogens (primary N) is 1. The van der Waals surface area contributed by atoms with E-state index in [2.05, 4.69) is 40.7 Å². The maximum absolute atomic E-state index is 11.4. The lowest BCUT2D eigenvalue weighted by atomic mass is 9.95. The third-order valence-corrected chi connectivity index (χ3v) is 5.91. The van der Waals surface area contributed by atoms with E-state index in [9.17, 15) is 5.21 Å². The van der Waals surface area contributed by atoms with Crippen molar-refractivity contribution in [2.24, 2.45) is 0 Å². The Kier molecular flexibility index (Phi) is 4.19. The summed E-state index contributed by atoms with van der Waals surface area (Å²) in [4.78, 5) is 9.54. The van der Waals surface area contributed by atoms with Crippen molar-refractivity contribution in [2.45, 2.75) is 38.6 Å². The molecule has 5 rings (SSSR count). The third kappa shape index (κ3) is 2.92. The zero-order chi connectivity index (χ0) is 20.0. The van der Waals surface area contributed by atoms with Crippen LogP contribution in [0.5, 0.6) is 0 Å². The lowest BCUT2D eigenvalue weighted by Crippen LogP contribution is -2.23. The minimum atomic E-state index is 0.141. The molecule has 1 atom stereocenters. The Hall–Kier alpha value is -3.41. The molecule has 3 heterocycles. The fourth-order valence-electron chi connectivity index (χ4n) is 4.47. The van der Waals surface area contributed by atoms with E-state index in [4.69, 9.17) is 10.7 Å². The van der Waals surface area contributed by atoms with Crippen LogP contribution in [0.15, 0.2) is 54.9 Å². The number of pyridine rings is 1. The Balaban J connectivity index is 1.77. The van der Waals surface area contributed by atoms with Crippen LogP contribution in [0.2, 0.25) is 0 Å². The minimum absolute atomic E-state index is 0.141. The van der Waals surface area contributed by atoms with E-state index in [0.717, 1.165) is 40.6 Å². The molecule has 2 N–H and O–H groups in total. The summed E-state index contributed by atoms with van der Waals surface area (Å²) in [5, 5.41) is 12.4.